The molecule has 0 radical (unpaired) electrons. The van der Waals surface area contributed by atoms with Crippen LogP contribution in [0.5, 0.6) is 5.75 Å². The summed E-state index contributed by atoms with van der Waals surface area (Å²) in [6.07, 6.45) is 1.71. The Labute approximate surface area is 198 Å². The predicted molar refractivity (Wildman–Crippen MR) is 127 cm³/mol. The molecule has 0 unspecified atom stereocenters. The zero-order valence-electron chi connectivity index (χ0n) is 20.0. The first-order valence-electron chi connectivity index (χ1n) is 10.8. The number of rotatable bonds is 8. The monoisotopic (exact) mass is 471 g/mol. The van der Waals surface area contributed by atoms with Crippen molar-refractivity contribution in [1.29, 1.82) is 0 Å². The number of aromatic nitrogens is 3. The number of nitrogens with one attached hydrogen (secondary N) is 1. The molecular formula is C24H30FN5O4. The fourth-order valence-electron chi connectivity index (χ4n) is 3.26. The quantitative estimate of drug-likeness (QED) is 0.372. The number of nitrogen functional groups attached to an aromatic ring is 1. The van der Waals surface area contributed by atoms with Crippen molar-refractivity contribution in [1.82, 2.24) is 14.8 Å². The lowest BCUT2D eigenvalue weighted by molar-refractivity contribution is 0.0635. The Morgan fingerprint density at radius 1 is 1.24 bits per heavy atom. The van der Waals surface area contributed by atoms with Gasteiger partial charge in [-0.3, -0.25) is 10.00 Å². The van der Waals surface area contributed by atoms with Crippen molar-refractivity contribution in [2.24, 2.45) is 7.05 Å². The molecule has 3 N–H and O–H groups in total. The molecule has 0 aliphatic carbocycles. The maximum Gasteiger partial charge on any atom is 0.413 e. The molecule has 2 heterocycles. The Morgan fingerprint density at radius 2 is 2.00 bits per heavy atom. The smallest absolute Gasteiger partial charge is 0.413 e. The summed E-state index contributed by atoms with van der Waals surface area (Å²) in [5.41, 5.74) is 8.55. The molecule has 182 valence electrons. The van der Waals surface area contributed by atoms with Crippen molar-refractivity contribution in [2.75, 3.05) is 24.8 Å². The molecule has 3 aromatic rings. The Balaban J connectivity index is 1.62. The van der Waals surface area contributed by atoms with E-state index in [4.69, 9.17) is 19.9 Å². The number of hydrogen-bond donors (Lipinski definition) is 2. The van der Waals surface area contributed by atoms with E-state index >= 15 is 0 Å². The van der Waals surface area contributed by atoms with Crippen LogP contribution in [0.1, 0.15) is 32.0 Å². The van der Waals surface area contributed by atoms with E-state index in [1.54, 1.807) is 32.6 Å². The van der Waals surface area contributed by atoms with Gasteiger partial charge in [0, 0.05) is 18.8 Å². The zero-order chi connectivity index (χ0) is 24.9. The van der Waals surface area contributed by atoms with E-state index in [-0.39, 0.29) is 18.1 Å². The topological polar surface area (TPSA) is 114 Å². The fraction of sp³-hybridized carbons (Fsp3) is 0.375. The number of hydrogen-bond acceptors (Lipinski definition) is 7. The Kier molecular flexibility index (Phi) is 7.72. The summed E-state index contributed by atoms with van der Waals surface area (Å²) in [7, 11) is 3.40. The Hall–Kier alpha value is -3.66. The maximum absolute atomic E-state index is 14.2. The number of pyridine rings is 1. The molecule has 0 bridgehead atoms. The van der Waals surface area contributed by atoms with Gasteiger partial charge in [-0.2, -0.15) is 5.10 Å². The molecule has 0 saturated carbocycles. The molecule has 3 rings (SSSR count). The van der Waals surface area contributed by atoms with Crippen LogP contribution in [0.2, 0.25) is 0 Å². The number of nitrogens with zero attached hydrogens (tertiary/aromatic N) is 3. The molecular weight excluding hydrogens is 441 g/mol. The van der Waals surface area contributed by atoms with Crippen molar-refractivity contribution < 1.29 is 23.4 Å². The summed E-state index contributed by atoms with van der Waals surface area (Å²) in [4.78, 5) is 16.0. The number of ether oxygens (including phenoxy) is 3. The molecule has 0 saturated heterocycles. The van der Waals surface area contributed by atoms with Gasteiger partial charge in [0.2, 0.25) is 0 Å². The van der Waals surface area contributed by atoms with Crippen molar-refractivity contribution in [3.63, 3.8) is 0 Å². The first-order chi connectivity index (χ1) is 16.1. The SMILES string of the molecule is COc1c(N)cc(CCOCc2nc(NC(=O)OC(C)(C)C)ccc2F)cc1-c1ccn(C)n1. The lowest BCUT2D eigenvalue weighted by Gasteiger charge is -2.19. The minimum atomic E-state index is -0.667. The van der Waals surface area contributed by atoms with E-state index in [9.17, 15) is 9.18 Å². The third-order valence-electron chi connectivity index (χ3n) is 4.69. The average molecular weight is 472 g/mol. The number of nitrogens with two attached hydrogens (primary N) is 1. The van der Waals surface area contributed by atoms with Crippen LogP contribution in [0.15, 0.2) is 36.5 Å². The molecule has 0 atom stereocenters. The van der Waals surface area contributed by atoms with Crippen LogP contribution in [0.25, 0.3) is 11.3 Å². The van der Waals surface area contributed by atoms with Crippen molar-refractivity contribution in [2.45, 2.75) is 39.4 Å². The molecule has 0 aliphatic heterocycles. The number of methoxy groups -OCH3 is 1. The minimum absolute atomic E-state index is 0.0611. The number of benzene rings is 1. The van der Waals surface area contributed by atoms with Gasteiger partial charge in [0.25, 0.3) is 0 Å². The molecule has 0 spiro atoms. The standard InChI is InChI=1S/C24H30FN5O4/c1-24(2,3)34-23(31)28-21-7-6-17(25)20(27-21)14-33-11-9-15-12-16(19-8-10-30(4)29-19)22(32-5)18(26)13-15/h6-8,10,12-13H,9,11,14,26H2,1-5H3,(H,27,28,31). The summed E-state index contributed by atoms with van der Waals surface area (Å²) in [5.74, 6) is 0.210. The van der Waals surface area contributed by atoms with Gasteiger partial charge in [-0.25, -0.2) is 14.2 Å². The van der Waals surface area contributed by atoms with E-state index in [0.29, 0.717) is 24.5 Å². The van der Waals surface area contributed by atoms with E-state index in [1.807, 2.05) is 31.4 Å². The van der Waals surface area contributed by atoms with Crippen LogP contribution in [-0.4, -0.2) is 40.2 Å². The van der Waals surface area contributed by atoms with Crippen LogP contribution >= 0.6 is 0 Å². The average Bonchev–Trinajstić information content (AvgIpc) is 3.17. The van der Waals surface area contributed by atoms with Crippen LogP contribution < -0.4 is 15.8 Å². The highest BCUT2D eigenvalue weighted by Gasteiger charge is 2.17. The largest absolute Gasteiger partial charge is 0.494 e. The van der Waals surface area contributed by atoms with Crippen molar-refractivity contribution >= 4 is 17.6 Å². The predicted octanol–water partition coefficient (Wildman–Crippen LogP) is 4.32. The molecule has 34 heavy (non-hydrogen) atoms. The van der Waals surface area contributed by atoms with Crippen LogP contribution in [-0.2, 0) is 29.5 Å². The minimum Gasteiger partial charge on any atom is -0.494 e. The van der Waals surface area contributed by atoms with Crippen molar-refractivity contribution in [3.05, 3.63) is 53.6 Å². The number of anilines is 2. The lowest BCUT2D eigenvalue weighted by Crippen LogP contribution is -2.27. The van der Waals surface area contributed by atoms with Crippen LogP contribution in [0.3, 0.4) is 0 Å². The van der Waals surface area contributed by atoms with Crippen molar-refractivity contribution in [3.8, 4) is 17.0 Å². The first kappa shape index (κ1) is 25.0. The lowest BCUT2D eigenvalue weighted by atomic mass is 10.0. The molecule has 0 fully saturated rings. The van der Waals surface area contributed by atoms with Gasteiger partial charge in [-0.05, 0) is 63.1 Å². The number of carbonyl (C=O) groups excluding carboxylic acids is 1. The fourth-order valence-corrected chi connectivity index (χ4v) is 3.26. The summed E-state index contributed by atoms with van der Waals surface area (Å²) < 4.78 is 32.2. The number of carbonyl (C=O) groups is 1. The molecule has 1 aromatic carbocycles. The van der Waals surface area contributed by atoms with Gasteiger partial charge in [-0.15, -0.1) is 0 Å². The summed E-state index contributed by atoms with van der Waals surface area (Å²) in [6, 6.07) is 8.23. The van der Waals surface area contributed by atoms with Gasteiger partial charge in [-0.1, -0.05) is 0 Å². The second-order valence-electron chi connectivity index (χ2n) is 8.69. The molecule has 9 nitrogen and oxygen atoms in total. The van der Waals surface area contributed by atoms with Crippen LogP contribution in [0, 0.1) is 5.82 Å². The highest BCUT2D eigenvalue weighted by atomic mass is 19.1. The number of aryl methyl sites for hydroxylation is 1. The van der Waals surface area contributed by atoms with E-state index in [0.717, 1.165) is 16.8 Å². The molecule has 0 aliphatic rings. The van der Waals surface area contributed by atoms with Gasteiger partial charge < -0.3 is 19.9 Å². The van der Waals surface area contributed by atoms with E-state index in [1.165, 1.54) is 12.1 Å². The third kappa shape index (κ3) is 6.67. The van der Waals surface area contributed by atoms with E-state index in [2.05, 4.69) is 15.4 Å². The van der Waals surface area contributed by atoms with Gasteiger partial charge >= 0.3 is 6.09 Å². The third-order valence-corrected chi connectivity index (χ3v) is 4.69. The highest BCUT2D eigenvalue weighted by molar-refractivity contribution is 5.83. The first-order valence-corrected chi connectivity index (χ1v) is 10.8. The maximum atomic E-state index is 14.2. The zero-order valence-corrected chi connectivity index (χ0v) is 20.0. The van der Waals surface area contributed by atoms with Crippen LogP contribution in [0.4, 0.5) is 20.7 Å². The molecule has 2 aromatic heterocycles. The second kappa shape index (κ2) is 10.5. The number of amides is 1. The van der Waals surface area contributed by atoms with Gasteiger partial charge in [0.1, 0.15) is 22.9 Å². The Bertz CT molecular complexity index is 1160. The van der Waals surface area contributed by atoms with E-state index < -0.39 is 17.5 Å². The summed E-state index contributed by atoms with van der Waals surface area (Å²) in [6.45, 7) is 5.49. The normalized spacial score (nSPS) is 11.4. The summed E-state index contributed by atoms with van der Waals surface area (Å²) in [5, 5.41) is 6.92. The van der Waals surface area contributed by atoms with Gasteiger partial charge in [0.15, 0.2) is 5.75 Å². The summed E-state index contributed by atoms with van der Waals surface area (Å²) >= 11 is 0. The molecule has 1 amide bonds. The second-order valence-corrected chi connectivity index (χ2v) is 8.69. The number of halogens is 1. The Morgan fingerprint density at radius 3 is 2.65 bits per heavy atom. The van der Waals surface area contributed by atoms with Gasteiger partial charge in [0.05, 0.1) is 31.7 Å². The highest BCUT2D eigenvalue weighted by Crippen LogP contribution is 2.35. The molecule has 10 heteroatoms.